The predicted molar refractivity (Wildman–Crippen MR) is 81.1 cm³/mol. The molecular formula is C14H13N3O6S. The molecule has 10 heteroatoms. The zero-order valence-corrected chi connectivity index (χ0v) is 13.5. The number of hydrogen-bond acceptors (Lipinski definition) is 7. The zero-order valence-electron chi connectivity index (χ0n) is 12.7. The van der Waals surface area contributed by atoms with E-state index in [9.17, 15) is 18.0 Å². The summed E-state index contributed by atoms with van der Waals surface area (Å²) in [5.74, 6) is -1.28. The average molecular weight is 351 g/mol. The van der Waals surface area contributed by atoms with Gasteiger partial charge in [-0.1, -0.05) is 0 Å². The van der Waals surface area contributed by atoms with Crippen LogP contribution in [-0.2, 0) is 14.8 Å². The minimum atomic E-state index is -4.16. The third-order valence-electron chi connectivity index (χ3n) is 3.38. The molecular weight excluding hydrogens is 338 g/mol. The second-order valence-electron chi connectivity index (χ2n) is 5.16. The minimum absolute atomic E-state index is 0.141. The van der Waals surface area contributed by atoms with E-state index in [4.69, 9.17) is 9.15 Å². The molecule has 9 nitrogen and oxygen atoms in total. The lowest BCUT2D eigenvalue weighted by atomic mass is 10.1. The summed E-state index contributed by atoms with van der Waals surface area (Å²) in [7, 11) is -4.16. The van der Waals surface area contributed by atoms with E-state index < -0.39 is 22.0 Å². The monoisotopic (exact) mass is 351 g/mol. The Kier molecular flexibility index (Phi) is 3.76. The van der Waals surface area contributed by atoms with Crippen LogP contribution in [0.1, 0.15) is 23.0 Å². The van der Waals surface area contributed by atoms with Crippen LogP contribution in [0.5, 0.6) is 5.75 Å². The lowest BCUT2D eigenvalue weighted by molar-refractivity contribution is -0.122. The van der Waals surface area contributed by atoms with Crippen LogP contribution in [0.15, 0.2) is 34.0 Å². The van der Waals surface area contributed by atoms with Crippen molar-refractivity contribution in [2.24, 2.45) is 0 Å². The van der Waals surface area contributed by atoms with Gasteiger partial charge < -0.3 is 14.5 Å². The molecule has 0 radical (unpaired) electrons. The number of carbonyl (C=O) groups excluding carboxylic acids is 2. The Morgan fingerprint density at radius 1 is 1.38 bits per heavy atom. The van der Waals surface area contributed by atoms with E-state index in [1.165, 1.54) is 26.0 Å². The first-order valence-electron chi connectivity index (χ1n) is 6.86. The number of oxazole rings is 1. The second-order valence-corrected chi connectivity index (χ2v) is 6.81. The first-order chi connectivity index (χ1) is 11.3. The van der Waals surface area contributed by atoms with Crippen LogP contribution >= 0.6 is 0 Å². The van der Waals surface area contributed by atoms with Crippen LogP contribution in [0.25, 0.3) is 0 Å². The van der Waals surface area contributed by atoms with Gasteiger partial charge in [0.25, 0.3) is 15.9 Å². The molecule has 0 unspecified atom stereocenters. The van der Waals surface area contributed by atoms with Crippen molar-refractivity contribution < 1.29 is 27.2 Å². The van der Waals surface area contributed by atoms with Crippen molar-refractivity contribution in [1.29, 1.82) is 0 Å². The molecule has 1 aliphatic rings. The topological polar surface area (TPSA) is 128 Å². The fraction of sp³-hybridized carbons (Fsp3) is 0.214. The Labute approximate surface area is 137 Å². The molecule has 0 aliphatic carbocycles. The number of aromatic nitrogens is 1. The standard InChI is InChI=1S/C14H13N3O6S/c1-7-3-9-10(23-8(2)13(18)16-9)4-12(7)24(20,21)17-14(19)11-5-15-6-22-11/h3-6,8H,1-2H3,(H,16,18)(H,17,19)/t8-/m0/s1. The second kappa shape index (κ2) is 5.64. The Balaban J connectivity index is 1.95. The molecule has 3 rings (SSSR count). The van der Waals surface area contributed by atoms with Crippen LogP contribution in [-0.4, -0.2) is 31.3 Å². The molecule has 0 bridgehead atoms. The Hall–Kier alpha value is -2.88. The van der Waals surface area contributed by atoms with Gasteiger partial charge >= 0.3 is 5.91 Å². The van der Waals surface area contributed by atoms with Gasteiger partial charge in [0.05, 0.1) is 16.8 Å². The number of sulfonamides is 1. The Morgan fingerprint density at radius 3 is 2.79 bits per heavy atom. The highest BCUT2D eigenvalue weighted by molar-refractivity contribution is 7.90. The smallest absolute Gasteiger partial charge is 0.302 e. The number of ether oxygens (including phenoxy) is 1. The number of rotatable bonds is 3. The van der Waals surface area contributed by atoms with Crippen molar-refractivity contribution in [3.8, 4) is 5.75 Å². The van der Waals surface area contributed by atoms with Crippen molar-refractivity contribution in [1.82, 2.24) is 9.71 Å². The Morgan fingerprint density at radius 2 is 2.12 bits per heavy atom. The summed E-state index contributed by atoms with van der Waals surface area (Å²) < 4.78 is 37.0. The van der Waals surface area contributed by atoms with Crippen LogP contribution in [0.2, 0.25) is 0 Å². The molecule has 2 N–H and O–H groups in total. The van der Waals surface area contributed by atoms with Gasteiger partial charge in [0.1, 0.15) is 5.75 Å². The lowest BCUT2D eigenvalue weighted by Crippen LogP contribution is -2.35. The van der Waals surface area contributed by atoms with Crippen LogP contribution in [0.3, 0.4) is 0 Å². The summed E-state index contributed by atoms with van der Waals surface area (Å²) in [5, 5.41) is 2.62. The number of carbonyl (C=O) groups is 2. The van der Waals surface area contributed by atoms with E-state index in [-0.39, 0.29) is 22.3 Å². The lowest BCUT2D eigenvalue weighted by Gasteiger charge is -2.24. The molecule has 2 amide bonds. The van der Waals surface area contributed by atoms with Gasteiger partial charge in [0, 0.05) is 6.07 Å². The van der Waals surface area contributed by atoms with Gasteiger partial charge in [0.15, 0.2) is 12.5 Å². The highest BCUT2D eigenvalue weighted by Crippen LogP contribution is 2.34. The number of aryl methyl sites for hydroxylation is 1. The Bertz CT molecular complexity index is 920. The maximum atomic E-state index is 12.5. The van der Waals surface area contributed by atoms with Crippen molar-refractivity contribution in [2.75, 3.05) is 5.32 Å². The van der Waals surface area contributed by atoms with Gasteiger partial charge in [-0.2, -0.15) is 0 Å². The summed E-state index contributed by atoms with van der Waals surface area (Å²) in [4.78, 5) is 26.9. The maximum Gasteiger partial charge on any atom is 0.302 e. The van der Waals surface area contributed by atoms with Crippen molar-refractivity contribution in [3.05, 3.63) is 36.0 Å². The average Bonchev–Trinajstić information content (AvgIpc) is 3.02. The van der Waals surface area contributed by atoms with Gasteiger partial charge in [-0.25, -0.2) is 18.1 Å². The third kappa shape index (κ3) is 2.83. The van der Waals surface area contributed by atoms with Crippen molar-refractivity contribution in [3.63, 3.8) is 0 Å². The molecule has 1 atom stereocenters. The molecule has 1 aromatic heterocycles. The molecule has 0 saturated carbocycles. The molecule has 0 spiro atoms. The quantitative estimate of drug-likeness (QED) is 0.838. The van der Waals surface area contributed by atoms with E-state index in [2.05, 4.69) is 10.3 Å². The fourth-order valence-electron chi connectivity index (χ4n) is 2.19. The molecule has 1 aliphatic heterocycles. The van der Waals surface area contributed by atoms with Crippen LogP contribution in [0, 0.1) is 6.92 Å². The third-order valence-corrected chi connectivity index (χ3v) is 4.85. The maximum absolute atomic E-state index is 12.5. The van der Waals surface area contributed by atoms with Gasteiger partial charge in [0.2, 0.25) is 5.76 Å². The zero-order chi connectivity index (χ0) is 17.5. The first kappa shape index (κ1) is 16.0. The predicted octanol–water partition coefficient (Wildman–Crippen LogP) is 0.821. The SMILES string of the molecule is Cc1cc2c(cc1S(=O)(=O)NC(=O)c1cnco1)O[C@@H](C)C(=O)N2. The van der Waals surface area contributed by atoms with Gasteiger partial charge in [-0.3, -0.25) is 9.59 Å². The highest BCUT2D eigenvalue weighted by atomic mass is 32.2. The molecule has 24 heavy (non-hydrogen) atoms. The van der Waals surface area contributed by atoms with Crippen molar-refractivity contribution >= 4 is 27.5 Å². The molecule has 0 saturated heterocycles. The minimum Gasteiger partial charge on any atom is -0.479 e. The number of nitrogens with one attached hydrogen (secondary N) is 2. The molecule has 2 aromatic rings. The highest BCUT2D eigenvalue weighted by Gasteiger charge is 2.28. The summed E-state index contributed by atoms with van der Waals surface area (Å²) >= 11 is 0. The largest absolute Gasteiger partial charge is 0.479 e. The van der Waals surface area contributed by atoms with Crippen LogP contribution < -0.4 is 14.8 Å². The van der Waals surface area contributed by atoms with E-state index in [0.717, 1.165) is 12.6 Å². The van der Waals surface area contributed by atoms with Crippen LogP contribution in [0.4, 0.5) is 5.69 Å². The first-order valence-corrected chi connectivity index (χ1v) is 8.34. The molecule has 1 aromatic carbocycles. The van der Waals surface area contributed by atoms with E-state index in [0.29, 0.717) is 11.3 Å². The number of benzene rings is 1. The van der Waals surface area contributed by atoms with Gasteiger partial charge in [-0.05, 0) is 25.5 Å². The molecule has 0 fully saturated rings. The van der Waals surface area contributed by atoms with Crippen molar-refractivity contribution in [2.45, 2.75) is 24.8 Å². The number of amides is 2. The fourth-order valence-corrected chi connectivity index (χ4v) is 3.39. The molecule has 126 valence electrons. The number of nitrogens with zero attached hydrogens (tertiary/aromatic N) is 1. The number of fused-ring (bicyclic) bond motifs is 1. The number of hydrogen-bond donors (Lipinski definition) is 2. The van der Waals surface area contributed by atoms with E-state index >= 15 is 0 Å². The summed E-state index contributed by atoms with van der Waals surface area (Å²) in [5.41, 5.74) is 0.709. The van der Waals surface area contributed by atoms with E-state index in [1.807, 2.05) is 4.72 Å². The van der Waals surface area contributed by atoms with E-state index in [1.54, 1.807) is 0 Å². The number of anilines is 1. The summed E-state index contributed by atoms with van der Waals surface area (Å²) in [6, 6.07) is 2.73. The van der Waals surface area contributed by atoms with Gasteiger partial charge in [-0.15, -0.1) is 0 Å². The molecule has 2 heterocycles. The summed E-state index contributed by atoms with van der Waals surface area (Å²) in [6.45, 7) is 3.08. The summed E-state index contributed by atoms with van der Waals surface area (Å²) in [6.07, 6.45) is 1.37. The normalized spacial score (nSPS) is 16.8.